The lowest BCUT2D eigenvalue weighted by atomic mass is 9.95. The molecule has 2 aliphatic rings. The van der Waals surface area contributed by atoms with Gasteiger partial charge in [0.05, 0.1) is 5.69 Å². The number of nitroso groups, excluding NO2 is 1. The van der Waals surface area contributed by atoms with Crippen molar-refractivity contribution in [2.45, 2.75) is 45.3 Å². The molecule has 0 spiro atoms. The standard InChI is InChI=1S/C22H24N4O2/c1-13-8-19(22(2,3)26-28)23-12-18(13)16-7-6-15-10-20(24-11-17(15)9-16)25-21(27)14-4-5-14/h6-12,14,20,24H,4-5H2,1-3H3,(H,25,27). The van der Waals surface area contributed by atoms with Crippen LogP contribution in [-0.2, 0) is 10.3 Å². The first-order valence-corrected chi connectivity index (χ1v) is 9.58. The van der Waals surface area contributed by atoms with E-state index in [1.54, 1.807) is 20.0 Å². The molecule has 2 N–H and O–H groups in total. The van der Waals surface area contributed by atoms with Gasteiger partial charge in [-0.25, -0.2) is 0 Å². The van der Waals surface area contributed by atoms with E-state index < -0.39 is 5.54 Å². The Morgan fingerprint density at radius 2 is 2.04 bits per heavy atom. The number of aromatic nitrogens is 1. The molecule has 6 nitrogen and oxygen atoms in total. The molecular weight excluding hydrogens is 352 g/mol. The van der Waals surface area contributed by atoms with Crippen molar-refractivity contribution in [2.24, 2.45) is 11.1 Å². The number of hydrogen-bond donors (Lipinski definition) is 2. The van der Waals surface area contributed by atoms with Crippen LogP contribution in [0.1, 0.15) is 37.9 Å². The molecule has 28 heavy (non-hydrogen) atoms. The van der Waals surface area contributed by atoms with Gasteiger partial charge >= 0.3 is 0 Å². The minimum Gasteiger partial charge on any atom is -0.368 e. The maximum atomic E-state index is 12.0. The zero-order valence-corrected chi connectivity index (χ0v) is 16.3. The number of nitrogens with one attached hydrogen (secondary N) is 2. The quantitative estimate of drug-likeness (QED) is 0.782. The molecule has 144 valence electrons. The van der Waals surface area contributed by atoms with Crippen LogP contribution in [0.3, 0.4) is 0 Å². The molecule has 4 rings (SSSR count). The average Bonchev–Trinajstić information content (AvgIpc) is 3.53. The van der Waals surface area contributed by atoms with Gasteiger partial charge in [0.1, 0.15) is 11.7 Å². The highest BCUT2D eigenvalue weighted by atomic mass is 16.3. The second-order valence-corrected chi connectivity index (χ2v) is 8.12. The number of hydrogen-bond acceptors (Lipinski definition) is 5. The van der Waals surface area contributed by atoms with Gasteiger partial charge in [-0.1, -0.05) is 17.3 Å². The number of amides is 1. The summed E-state index contributed by atoms with van der Waals surface area (Å²) in [5.74, 6) is 0.313. The minimum absolute atomic E-state index is 0.122. The van der Waals surface area contributed by atoms with E-state index in [0.717, 1.165) is 40.0 Å². The number of carbonyl (C=O) groups excluding carboxylic acids is 1. The number of benzene rings is 1. The van der Waals surface area contributed by atoms with Gasteiger partial charge < -0.3 is 10.6 Å². The Morgan fingerprint density at radius 1 is 1.25 bits per heavy atom. The molecule has 6 heteroatoms. The molecule has 1 saturated carbocycles. The van der Waals surface area contributed by atoms with Crippen LogP contribution in [0.2, 0.25) is 0 Å². The predicted octanol–water partition coefficient (Wildman–Crippen LogP) is 2.03. The maximum Gasteiger partial charge on any atom is 0.224 e. The summed E-state index contributed by atoms with van der Waals surface area (Å²) in [5, 5.41) is 11.6. The third-order valence-corrected chi connectivity index (χ3v) is 5.37. The second-order valence-electron chi connectivity index (χ2n) is 8.12. The van der Waals surface area contributed by atoms with E-state index in [2.05, 4.69) is 39.0 Å². The first-order valence-electron chi connectivity index (χ1n) is 9.58. The predicted molar refractivity (Wildman–Crippen MR) is 109 cm³/mol. The van der Waals surface area contributed by atoms with Crippen LogP contribution in [0.25, 0.3) is 23.4 Å². The van der Waals surface area contributed by atoms with Crippen molar-refractivity contribution in [3.8, 4) is 11.1 Å². The summed E-state index contributed by atoms with van der Waals surface area (Å²) < 4.78 is 0. The summed E-state index contributed by atoms with van der Waals surface area (Å²) in [6, 6.07) is 8.14. The van der Waals surface area contributed by atoms with E-state index in [4.69, 9.17) is 0 Å². The molecule has 1 aromatic heterocycles. The fourth-order valence-corrected chi connectivity index (χ4v) is 3.37. The Kier molecular flexibility index (Phi) is 4.49. The molecule has 1 amide bonds. The minimum atomic E-state index is -0.842. The summed E-state index contributed by atoms with van der Waals surface area (Å²) in [4.78, 5) is 27.5. The van der Waals surface area contributed by atoms with Crippen molar-refractivity contribution in [1.82, 2.24) is 15.6 Å². The lowest BCUT2D eigenvalue weighted by Gasteiger charge is -2.19. The van der Waals surface area contributed by atoms with Crippen LogP contribution in [0.5, 0.6) is 0 Å². The van der Waals surface area contributed by atoms with Gasteiger partial charge in [0.15, 0.2) is 0 Å². The SMILES string of the molecule is Cc1cc(C(C)(C)N=O)ncc1-c1ccc2c(c1)=CNC(NC(=O)C1CC1)C=2. The third-order valence-electron chi connectivity index (χ3n) is 5.37. The first-order chi connectivity index (χ1) is 13.4. The van der Waals surface area contributed by atoms with E-state index in [0.29, 0.717) is 5.69 Å². The van der Waals surface area contributed by atoms with Crippen LogP contribution in [0, 0.1) is 17.7 Å². The van der Waals surface area contributed by atoms with E-state index in [-0.39, 0.29) is 18.0 Å². The Balaban J connectivity index is 1.62. The molecule has 1 atom stereocenters. The van der Waals surface area contributed by atoms with E-state index in [1.807, 2.05) is 25.3 Å². The van der Waals surface area contributed by atoms with Crippen molar-refractivity contribution < 1.29 is 4.79 Å². The van der Waals surface area contributed by atoms with Gasteiger partial charge in [-0.2, -0.15) is 0 Å². The highest BCUT2D eigenvalue weighted by molar-refractivity contribution is 5.82. The van der Waals surface area contributed by atoms with Crippen LogP contribution in [0.4, 0.5) is 0 Å². The van der Waals surface area contributed by atoms with Crippen LogP contribution < -0.4 is 21.1 Å². The normalized spacial score (nSPS) is 18.2. The van der Waals surface area contributed by atoms with Gasteiger partial charge in [0.2, 0.25) is 5.91 Å². The van der Waals surface area contributed by atoms with Crippen LogP contribution >= 0.6 is 0 Å². The maximum absolute atomic E-state index is 12.0. The van der Waals surface area contributed by atoms with Gasteiger partial charge in [-0.05, 0) is 73.4 Å². The Hall–Kier alpha value is -3.02. The molecule has 2 heterocycles. The highest BCUT2D eigenvalue weighted by Gasteiger charge is 2.30. The molecule has 0 saturated heterocycles. The first kappa shape index (κ1) is 18.3. The van der Waals surface area contributed by atoms with Crippen LogP contribution in [-0.4, -0.2) is 17.1 Å². The zero-order chi connectivity index (χ0) is 19.9. The van der Waals surface area contributed by atoms with Crippen LogP contribution in [0.15, 0.2) is 35.6 Å². The molecule has 1 aliphatic carbocycles. The summed E-state index contributed by atoms with van der Waals surface area (Å²) in [7, 11) is 0. The number of pyridine rings is 1. The van der Waals surface area contributed by atoms with Crippen molar-refractivity contribution in [3.05, 3.63) is 57.1 Å². The van der Waals surface area contributed by atoms with E-state index >= 15 is 0 Å². The van der Waals surface area contributed by atoms with E-state index in [1.165, 1.54) is 0 Å². The molecule has 0 radical (unpaired) electrons. The Labute approximate surface area is 163 Å². The molecule has 2 aromatic rings. The van der Waals surface area contributed by atoms with Gasteiger partial charge in [-0.3, -0.25) is 9.78 Å². The van der Waals surface area contributed by atoms with Crippen molar-refractivity contribution in [3.63, 3.8) is 0 Å². The number of fused-ring (bicyclic) bond motifs is 1. The Bertz CT molecular complexity index is 1070. The highest BCUT2D eigenvalue weighted by Crippen LogP contribution is 2.29. The average molecular weight is 376 g/mol. The number of rotatable bonds is 5. The van der Waals surface area contributed by atoms with Gasteiger partial charge in [-0.15, -0.1) is 4.91 Å². The largest absolute Gasteiger partial charge is 0.368 e. The molecule has 1 fully saturated rings. The lowest BCUT2D eigenvalue weighted by Crippen LogP contribution is -2.48. The third kappa shape index (κ3) is 3.54. The summed E-state index contributed by atoms with van der Waals surface area (Å²) >= 11 is 0. The van der Waals surface area contributed by atoms with E-state index in [9.17, 15) is 9.70 Å². The van der Waals surface area contributed by atoms with Crippen molar-refractivity contribution >= 4 is 18.2 Å². The smallest absolute Gasteiger partial charge is 0.224 e. The fraction of sp³-hybridized carbons (Fsp3) is 0.364. The fourth-order valence-electron chi connectivity index (χ4n) is 3.37. The van der Waals surface area contributed by atoms with Crippen molar-refractivity contribution in [1.29, 1.82) is 0 Å². The second kappa shape index (κ2) is 6.86. The Morgan fingerprint density at radius 3 is 2.71 bits per heavy atom. The zero-order valence-electron chi connectivity index (χ0n) is 16.3. The molecule has 1 aliphatic heterocycles. The summed E-state index contributed by atoms with van der Waals surface area (Å²) in [5.41, 5.74) is 2.94. The number of aryl methyl sites for hydroxylation is 1. The summed E-state index contributed by atoms with van der Waals surface area (Å²) in [6.07, 6.45) is 7.59. The summed E-state index contributed by atoms with van der Waals surface area (Å²) in [6.45, 7) is 5.53. The molecule has 1 unspecified atom stereocenters. The molecule has 0 bridgehead atoms. The van der Waals surface area contributed by atoms with Crippen molar-refractivity contribution in [2.75, 3.05) is 0 Å². The number of carbonyl (C=O) groups is 1. The topological polar surface area (TPSA) is 83.4 Å². The number of nitrogens with zero attached hydrogens (tertiary/aromatic N) is 2. The lowest BCUT2D eigenvalue weighted by molar-refractivity contribution is -0.122. The van der Waals surface area contributed by atoms with Gasteiger partial charge in [0, 0.05) is 23.9 Å². The monoisotopic (exact) mass is 376 g/mol. The van der Waals surface area contributed by atoms with Gasteiger partial charge in [0.25, 0.3) is 0 Å². The molecular formula is C22H24N4O2. The molecule has 1 aromatic carbocycles.